The second-order valence-electron chi connectivity index (χ2n) is 4.70. The second kappa shape index (κ2) is 7.26. The summed E-state index contributed by atoms with van der Waals surface area (Å²) in [5.41, 5.74) is 2.02. The van der Waals surface area contributed by atoms with Gasteiger partial charge in [0.15, 0.2) is 0 Å². The van der Waals surface area contributed by atoms with Gasteiger partial charge >= 0.3 is 0 Å². The van der Waals surface area contributed by atoms with Crippen LogP contribution in [0.25, 0.3) is 0 Å². The van der Waals surface area contributed by atoms with Crippen LogP contribution in [0.4, 0.5) is 5.69 Å². The Bertz CT molecular complexity index is 666. The number of hydrogen-bond donors (Lipinski definition) is 2. The SMILES string of the molecule is CNC(=O)Cc1ccc(NC(=O)c2ccccc2OC)cc1. The number of nitrogens with one attached hydrogen (secondary N) is 2. The molecule has 0 bridgehead atoms. The highest BCUT2D eigenvalue weighted by molar-refractivity contribution is 6.06. The topological polar surface area (TPSA) is 67.4 Å². The Morgan fingerprint density at radius 2 is 1.73 bits per heavy atom. The fraction of sp³-hybridized carbons (Fsp3) is 0.176. The summed E-state index contributed by atoms with van der Waals surface area (Å²) in [6, 6.07) is 14.2. The maximum atomic E-state index is 12.2. The Labute approximate surface area is 129 Å². The Hall–Kier alpha value is -2.82. The minimum absolute atomic E-state index is 0.0502. The van der Waals surface area contributed by atoms with Crippen LogP contribution in [0.15, 0.2) is 48.5 Å². The molecule has 0 spiro atoms. The summed E-state index contributed by atoms with van der Waals surface area (Å²) in [7, 11) is 3.13. The van der Waals surface area contributed by atoms with Crippen molar-refractivity contribution in [1.29, 1.82) is 0 Å². The predicted molar refractivity (Wildman–Crippen MR) is 85.2 cm³/mol. The number of benzene rings is 2. The van der Waals surface area contributed by atoms with Gasteiger partial charge in [-0.05, 0) is 29.8 Å². The standard InChI is InChI=1S/C17H18N2O3/c1-18-16(20)11-12-7-9-13(10-8-12)19-17(21)14-5-3-4-6-15(14)22-2/h3-10H,11H2,1-2H3,(H,18,20)(H,19,21). The Kier molecular flexibility index (Phi) is 5.14. The molecule has 5 heteroatoms. The molecule has 2 rings (SSSR count). The average Bonchev–Trinajstić information content (AvgIpc) is 2.56. The van der Waals surface area contributed by atoms with Gasteiger partial charge in [0.25, 0.3) is 5.91 Å². The first kappa shape index (κ1) is 15.6. The van der Waals surface area contributed by atoms with Gasteiger partial charge in [-0.15, -0.1) is 0 Å². The van der Waals surface area contributed by atoms with Gasteiger partial charge in [-0.3, -0.25) is 9.59 Å². The molecule has 0 aliphatic carbocycles. The predicted octanol–water partition coefficient (Wildman–Crippen LogP) is 2.24. The average molecular weight is 298 g/mol. The van der Waals surface area contributed by atoms with E-state index in [1.54, 1.807) is 37.4 Å². The maximum absolute atomic E-state index is 12.2. The number of carbonyl (C=O) groups is 2. The highest BCUT2D eigenvalue weighted by Gasteiger charge is 2.11. The van der Waals surface area contributed by atoms with Crippen LogP contribution in [0, 0.1) is 0 Å². The molecule has 5 nitrogen and oxygen atoms in total. The zero-order valence-electron chi connectivity index (χ0n) is 12.6. The molecule has 0 aliphatic rings. The molecule has 22 heavy (non-hydrogen) atoms. The number of para-hydroxylation sites is 1. The van der Waals surface area contributed by atoms with Crippen molar-refractivity contribution in [3.8, 4) is 5.75 Å². The van der Waals surface area contributed by atoms with Gasteiger partial charge in [0.05, 0.1) is 19.1 Å². The van der Waals surface area contributed by atoms with Crippen LogP contribution in [-0.2, 0) is 11.2 Å². The van der Waals surface area contributed by atoms with Crippen molar-refractivity contribution in [2.24, 2.45) is 0 Å². The number of likely N-dealkylation sites (N-methyl/N-ethyl adjacent to an activating group) is 1. The zero-order chi connectivity index (χ0) is 15.9. The first-order valence-corrected chi connectivity index (χ1v) is 6.88. The number of hydrogen-bond acceptors (Lipinski definition) is 3. The second-order valence-corrected chi connectivity index (χ2v) is 4.70. The minimum Gasteiger partial charge on any atom is -0.496 e. The quantitative estimate of drug-likeness (QED) is 0.889. The number of anilines is 1. The van der Waals surface area contributed by atoms with Crippen molar-refractivity contribution < 1.29 is 14.3 Å². The van der Waals surface area contributed by atoms with Gasteiger partial charge in [0.1, 0.15) is 5.75 Å². The molecular formula is C17H18N2O3. The molecule has 0 aromatic heterocycles. The molecule has 0 radical (unpaired) electrons. The lowest BCUT2D eigenvalue weighted by atomic mass is 10.1. The van der Waals surface area contributed by atoms with E-state index < -0.39 is 0 Å². The van der Waals surface area contributed by atoms with E-state index in [-0.39, 0.29) is 11.8 Å². The molecule has 2 aromatic rings. The van der Waals surface area contributed by atoms with Gasteiger partial charge in [0.2, 0.25) is 5.91 Å². The highest BCUT2D eigenvalue weighted by atomic mass is 16.5. The summed E-state index contributed by atoms with van der Waals surface area (Å²) in [5.74, 6) is 0.235. The maximum Gasteiger partial charge on any atom is 0.259 e. The summed E-state index contributed by atoms with van der Waals surface area (Å²) in [4.78, 5) is 23.6. The van der Waals surface area contributed by atoms with Gasteiger partial charge in [-0.25, -0.2) is 0 Å². The zero-order valence-corrected chi connectivity index (χ0v) is 12.6. The molecule has 0 saturated carbocycles. The van der Waals surface area contributed by atoms with Gasteiger partial charge in [0, 0.05) is 12.7 Å². The summed E-state index contributed by atoms with van der Waals surface area (Å²) in [6.45, 7) is 0. The van der Waals surface area contributed by atoms with Gasteiger partial charge < -0.3 is 15.4 Å². The first-order valence-electron chi connectivity index (χ1n) is 6.88. The van der Waals surface area contributed by atoms with Crippen LogP contribution in [0.1, 0.15) is 15.9 Å². The van der Waals surface area contributed by atoms with Crippen LogP contribution in [0.3, 0.4) is 0 Å². The Morgan fingerprint density at radius 1 is 1.05 bits per heavy atom. The van der Waals surface area contributed by atoms with Crippen molar-refractivity contribution in [1.82, 2.24) is 5.32 Å². The van der Waals surface area contributed by atoms with Crippen molar-refractivity contribution in [2.45, 2.75) is 6.42 Å². The third-order valence-corrected chi connectivity index (χ3v) is 3.21. The lowest BCUT2D eigenvalue weighted by Crippen LogP contribution is -2.19. The first-order chi connectivity index (χ1) is 10.6. The van der Waals surface area contributed by atoms with Crippen molar-refractivity contribution in [3.63, 3.8) is 0 Å². The van der Waals surface area contributed by atoms with E-state index >= 15 is 0 Å². The number of amides is 2. The van der Waals surface area contributed by atoms with E-state index in [9.17, 15) is 9.59 Å². The molecule has 0 aliphatic heterocycles. The van der Waals surface area contributed by atoms with Crippen molar-refractivity contribution >= 4 is 17.5 Å². The summed E-state index contributed by atoms with van der Waals surface area (Å²) in [5, 5.41) is 5.38. The molecule has 114 valence electrons. The van der Waals surface area contributed by atoms with E-state index in [2.05, 4.69) is 10.6 Å². The lowest BCUT2D eigenvalue weighted by Gasteiger charge is -2.09. The minimum atomic E-state index is -0.239. The Morgan fingerprint density at radius 3 is 2.36 bits per heavy atom. The number of ether oxygens (including phenoxy) is 1. The largest absolute Gasteiger partial charge is 0.496 e. The van der Waals surface area contributed by atoms with Gasteiger partial charge in [-0.2, -0.15) is 0 Å². The molecular weight excluding hydrogens is 280 g/mol. The summed E-state index contributed by atoms with van der Waals surface area (Å²) >= 11 is 0. The number of carbonyl (C=O) groups excluding carboxylic acids is 2. The lowest BCUT2D eigenvalue weighted by molar-refractivity contribution is -0.119. The fourth-order valence-electron chi connectivity index (χ4n) is 2.01. The molecule has 0 unspecified atom stereocenters. The molecule has 0 fully saturated rings. The van der Waals surface area contributed by atoms with E-state index in [1.807, 2.05) is 18.2 Å². The number of rotatable bonds is 5. The van der Waals surface area contributed by atoms with E-state index in [4.69, 9.17) is 4.74 Å². The van der Waals surface area contributed by atoms with Crippen LogP contribution in [0.5, 0.6) is 5.75 Å². The molecule has 2 amide bonds. The highest BCUT2D eigenvalue weighted by Crippen LogP contribution is 2.19. The monoisotopic (exact) mass is 298 g/mol. The third-order valence-electron chi connectivity index (χ3n) is 3.21. The van der Waals surface area contributed by atoms with Crippen LogP contribution in [0.2, 0.25) is 0 Å². The molecule has 0 heterocycles. The van der Waals surface area contributed by atoms with Crippen LogP contribution >= 0.6 is 0 Å². The van der Waals surface area contributed by atoms with Crippen LogP contribution in [-0.4, -0.2) is 26.0 Å². The van der Waals surface area contributed by atoms with Gasteiger partial charge in [-0.1, -0.05) is 24.3 Å². The van der Waals surface area contributed by atoms with Crippen molar-refractivity contribution in [3.05, 3.63) is 59.7 Å². The smallest absolute Gasteiger partial charge is 0.259 e. The number of methoxy groups -OCH3 is 1. The van der Waals surface area contributed by atoms with Crippen LogP contribution < -0.4 is 15.4 Å². The fourth-order valence-corrected chi connectivity index (χ4v) is 2.01. The van der Waals surface area contributed by atoms with Crippen molar-refractivity contribution in [2.75, 3.05) is 19.5 Å². The molecule has 0 atom stereocenters. The normalized spacial score (nSPS) is 9.91. The molecule has 2 aromatic carbocycles. The van der Waals surface area contributed by atoms with E-state index in [0.717, 1.165) is 5.56 Å². The Balaban J connectivity index is 2.07. The molecule has 2 N–H and O–H groups in total. The molecule has 0 saturated heterocycles. The third kappa shape index (κ3) is 3.85. The van der Waals surface area contributed by atoms with E-state index in [1.165, 1.54) is 7.11 Å². The van der Waals surface area contributed by atoms with E-state index in [0.29, 0.717) is 23.4 Å². The summed E-state index contributed by atoms with van der Waals surface area (Å²) in [6.07, 6.45) is 0.317. The summed E-state index contributed by atoms with van der Waals surface area (Å²) < 4.78 is 5.17.